The highest BCUT2D eigenvalue weighted by molar-refractivity contribution is 6.30. The predicted octanol–water partition coefficient (Wildman–Crippen LogP) is 7.35. The Balaban J connectivity index is 1.64. The number of carbonyl (C=O) groups is 2. The van der Waals surface area contributed by atoms with Crippen LogP contribution in [0.4, 0.5) is 5.69 Å². The number of piperidine rings is 1. The monoisotopic (exact) mass is 560 g/mol. The van der Waals surface area contributed by atoms with E-state index in [2.05, 4.69) is 17.0 Å². The van der Waals surface area contributed by atoms with Gasteiger partial charge in [0, 0.05) is 40.6 Å². The standard InChI is InChI=1S/C32H33ClN2O5/c1-3-38-30(36)21-29-31(32(37)39-4-2)27-20-26(40-25-14-8-22(33)9-15-25)16-17-28(27)35(29)24-12-10-23(11-13-24)34-18-6-5-7-19-34/h8-17,20H,3-7,18-19,21H2,1-2H3. The second-order valence-electron chi connectivity index (χ2n) is 9.66. The summed E-state index contributed by atoms with van der Waals surface area (Å²) in [5, 5.41) is 1.24. The molecular formula is C32H33ClN2O5. The molecule has 0 unspecified atom stereocenters. The molecular weight excluding hydrogens is 528 g/mol. The lowest BCUT2D eigenvalue weighted by Gasteiger charge is -2.29. The van der Waals surface area contributed by atoms with Crippen LogP contribution in [0, 0.1) is 0 Å². The van der Waals surface area contributed by atoms with Crippen molar-refractivity contribution >= 4 is 40.1 Å². The number of hydrogen-bond donors (Lipinski definition) is 0. The third kappa shape index (κ3) is 5.94. The van der Waals surface area contributed by atoms with Gasteiger partial charge in [-0.15, -0.1) is 0 Å². The number of anilines is 1. The van der Waals surface area contributed by atoms with Gasteiger partial charge >= 0.3 is 11.9 Å². The fraction of sp³-hybridized carbons (Fsp3) is 0.312. The zero-order valence-electron chi connectivity index (χ0n) is 22.8. The molecule has 0 saturated carbocycles. The van der Waals surface area contributed by atoms with E-state index in [4.69, 9.17) is 25.8 Å². The molecule has 208 valence electrons. The fourth-order valence-electron chi connectivity index (χ4n) is 5.23. The number of rotatable bonds is 9. The first-order valence-electron chi connectivity index (χ1n) is 13.8. The van der Waals surface area contributed by atoms with E-state index in [1.165, 1.54) is 19.3 Å². The Morgan fingerprint density at radius 1 is 0.800 bits per heavy atom. The van der Waals surface area contributed by atoms with Gasteiger partial charge in [0.05, 0.1) is 30.7 Å². The Kier molecular flexibility index (Phi) is 8.60. The average Bonchev–Trinajstić information content (AvgIpc) is 3.28. The normalized spacial score (nSPS) is 13.3. The van der Waals surface area contributed by atoms with E-state index < -0.39 is 11.9 Å². The minimum atomic E-state index is -0.501. The number of benzene rings is 3. The van der Waals surface area contributed by atoms with Gasteiger partial charge in [0.2, 0.25) is 0 Å². The minimum Gasteiger partial charge on any atom is -0.466 e. The van der Waals surface area contributed by atoms with Crippen LogP contribution >= 0.6 is 11.6 Å². The van der Waals surface area contributed by atoms with E-state index in [1.54, 1.807) is 38.1 Å². The Hall–Kier alpha value is -3.97. The lowest BCUT2D eigenvalue weighted by atomic mass is 10.1. The van der Waals surface area contributed by atoms with Crippen LogP contribution in [0.2, 0.25) is 5.02 Å². The minimum absolute atomic E-state index is 0.0854. The SMILES string of the molecule is CCOC(=O)Cc1c(C(=O)OCC)c2cc(Oc3ccc(Cl)cc3)ccc2n1-c1ccc(N2CCCCC2)cc1. The number of fused-ring (bicyclic) bond motifs is 1. The van der Waals surface area contributed by atoms with Gasteiger partial charge < -0.3 is 23.7 Å². The summed E-state index contributed by atoms with van der Waals surface area (Å²) in [4.78, 5) is 28.5. The quantitative estimate of drug-likeness (QED) is 0.199. The van der Waals surface area contributed by atoms with E-state index in [1.807, 2.05) is 34.9 Å². The Bertz CT molecular complexity index is 1490. The molecule has 0 radical (unpaired) electrons. The number of hydrogen-bond acceptors (Lipinski definition) is 6. The maximum Gasteiger partial charge on any atom is 0.340 e. The highest BCUT2D eigenvalue weighted by Crippen LogP contribution is 2.35. The van der Waals surface area contributed by atoms with E-state index >= 15 is 0 Å². The molecule has 1 aliphatic rings. The number of ether oxygens (including phenoxy) is 3. The first-order valence-corrected chi connectivity index (χ1v) is 14.1. The van der Waals surface area contributed by atoms with E-state index in [0.717, 1.165) is 30.0 Å². The number of aromatic nitrogens is 1. The molecule has 0 bridgehead atoms. The molecule has 7 nitrogen and oxygen atoms in total. The van der Waals surface area contributed by atoms with Crippen LogP contribution in [-0.4, -0.2) is 42.8 Å². The van der Waals surface area contributed by atoms with Gasteiger partial charge in [-0.05, 0) is 99.8 Å². The van der Waals surface area contributed by atoms with Crippen molar-refractivity contribution in [3.8, 4) is 17.2 Å². The Morgan fingerprint density at radius 2 is 1.45 bits per heavy atom. The first-order chi connectivity index (χ1) is 19.5. The largest absolute Gasteiger partial charge is 0.466 e. The summed E-state index contributed by atoms with van der Waals surface area (Å²) in [6.07, 6.45) is 3.56. The molecule has 3 aromatic carbocycles. The molecule has 1 aliphatic heterocycles. The molecule has 0 amide bonds. The molecule has 1 saturated heterocycles. The highest BCUT2D eigenvalue weighted by atomic mass is 35.5. The number of esters is 2. The van der Waals surface area contributed by atoms with E-state index in [-0.39, 0.29) is 19.6 Å². The molecule has 1 fully saturated rings. The van der Waals surface area contributed by atoms with Gasteiger partial charge in [-0.3, -0.25) is 4.79 Å². The van der Waals surface area contributed by atoms with Gasteiger partial charge in [-0.25, -0.2) is 4.79 Å². The van der Waals surface area contributed by atoms with Crippen LogP contribution in [0.5, 0.6) is 11.5 Å². The average molecular weight is 561 g/mol. The summed E-state index contributed by atoms with van der Waals surface area (Å²) >= 11 is 6.02. The zero-order chi connectivity index (χ0) is 28.1. The molecule has 0 N–H and O–H groups in total. The summed E-state index contributed by atoms with van der Waals surface area (Å²) in [6.45, 7) is 6.07. The molecule has 2 heterocycles. The van der Waals surface area contributed by atoms with Crippen LogP contribution in [0.3, 0.4) is 0 Å². The summed E-state index contributed by atoms with van der Waals surface area (Å²) < 4.78 is 18.8. The summed E-state index contributed by atoms with van der Waals surface area (Å²) in [5.74, 6) is 0.236. The van der Waals surface area contributed by atoms with Gasteiger partial charge in [0.25, 0.3) is 0 Å². The van der Waals surface area contributed by atoms with Crippen LogP contribution in [0.15, 0.2) is 66.7 Å². The summed E-state index contributed by atoms with van der Waals surface area (Å²) in [7, 11) is 0. The Labute approximate surface area is 239 Å². The van der Waals surface area contributed by atoms with Gasteiger partial charge in [0.15, 0.2) is 0 Å². The molecule has 40 heavy (non-hydrogen) atoms. The van der Waals surface area contributed by atoms with Gasteiger partial charge in [-0.2, -0.15) is 0 Å². The zero-order valence-corrected chi connectivity index (χ0v) is 23.6. The maximum atomic E-state index is 13.4. The van der Waals surface area contributed by atoms with Crippen molar-refractivity contribution in [2.24, 2.45) is 0 Å². The van der Waals surface area contributed by atoms with Gasteiger partial charge in [0.1, 0.15) is 11.5 Å². The summed E-state index contributed by atoms with van der Waals surface area (Å²) in [5.41, 5.74) is 3.60. The number of carbonyl (C=O) groups excluding carboxylic acids is 2. The number of halogens is 1. The molecule has 4 aromatic rings. The van der Waals surface area contributed by atoms with Crippen molar-refractivity contribution in [1.82, 2.24) is 4.57 Å². The molecule has 0 aliphatic carbocycles. The van der Waals surface area contributed by atoms with Crippen LogP contribution in [0.25, 0.3) is 16.6 Å². The van der Waals surface area contributed by atoms with Crippen molar-refractivity contribution < 1.29 is 23.8 Å². The van der Waals surface area contributed by atoms with E-state index in [9.17, 15) is 9.59 Å². The molecule has 8 heteroatoms. The second kappa shape index (κ2) is 12.5. The van der Waals surface area contributed by atoms with E-state index in [0.29, 0.717) is 33.2 Å². The molecule has 5 rings (SSSR count). The molecule has 0 atom stereocenters. The third-order valence-corrected chi connectivity index (χ3v) is 7.26. The topological polar surface area (TPSA) is 70.0 Å². The Morgan fingerprint density at radius 3 is 2.12 bits per heavy atom. The van der Waals surface area contributed by atoms with Gasteiger partial charge in [-0.1, -0.05) is 11.6 Å². The lowest BCUT2D eigenvalue weighted by Crippen LogP contribution is -2.29. The lowest BCUT2D eigenvalue weighted by molar-refractivity contribution is -0.142. The smallest absolute Gasteiger partial charge is 0.340 e. The summed E-state index contributed by atoms with van der Waals surface area (Å²) in [6, 6.07) is 20.9. The molecule has 1 aromatic heterocycles. The first kappa shape index (κ1) is 27.6. The maximum absolute atomic E-state index is 13.4. The van der Waals surface area contributed by atoms with Crippen molar-refractivity contribution in [2.75, 3.05) is 31.2 Å². The van der Waals surface area contributed by atoms with Crippen LogP contribution in [-0.2, 0) is 20.7 Å². The van der Waals surface area contributed by atoms with Crippen molar-refractivity contribution in [3.05, 3.63) is 83.0 Å². The van der Waals surface area contributed by atoms with Crippen molar-refractivity contribution in [3.63, 3.8) is 0 Å². The number of nitrogens with zero attached hydrogens (tertiary/aromatic N) is 2. The highest BCUT2D eigenvalue weighted by Gasteiger charge is 2.27. The van der Waals surface area contributed by atoms with Crippen LogP contribution < -0.4 is 9.64 Å². The van der Waals surface area contributed by atoms with Crippen molar-refractivity contribution in [2.45, 2.75) is 39.5 Å². The van der Waals surface area contributed by atoms with Crippen molar-refractivity contribution in [1.29, 1.82) is 0 Å². The predicted molar refractivity (Wildman–Crippen MR) is 157 cm³/mol. The second-order valence-corrected chi connectivity index (χ2v) is 10.1. The molecule has 0 spiro atoms. The fourth-order valence-corrected chi connectivity index (χ4v) is 5.36. The van der Waals surface area contributed by atoms with Crippen LogP contribution in [0.1, 0.15) is 49.2 Å². The third-order valence-electron chi connectivity index (χ3n) is 7.01.